The Morgan fingerprint density at radius 1 is 0.900 bits per heavy atom. The molecule has 2 heteroatoms. The van der Waals surface area contributed by atoms with Crippen LogP contribution in [0.1, 0.15) is 114 Å². The quantitative estimate of drug-likeness (QED) is 0.392. The van der Waals surface area contributed by atoms with Crippen LogP contribution in [0.5, 0.6) is 0 Å². The van der Waals surface area contributed by atoms with E-state index in [1.54, 1.807) is 0 Å². The molecule has 5 unspecified atom stereocenters. The van der Waals surface area contributed by atoms with Crippen LogP contribution in [0.3, 0.4) is 0 Å². The lowest BCUT2D eigenvalue weighted by Gasteiger charge is -2.42. The fourth-order valence-electron chi connectivity index (χ4n) is 6.60. The number of ether oxygens (including phenoxy) is 1. The lowest BCUT2D eigenvalue weighted by molar-refractivity contribution is -0.0161. The number of aryl methyl sites for hydroxylation is 1. The van der Waals surface area contributed by atoms with E-state index in [1.165, 1.54) is 81.8 Å². The molecule has 0 spiro atoms. The predicted octanol–water partition coefficient (Wildman–Crippen LogP) is 7.99. The van der Waals surface area contributed by atoms with E-state index in [0.29, 0.717) is 12.0 Å². The summed E-state index contributed by atoms with van der Waals surface area (Å²) >= 11 is 0. The highest BCUT2D eigenvalue weighted by Crippen LogP contribution is 2.47. The highest BCUT2D eigenvalue weighted by molar-refractivity contribution is 5.37. The number of halogens is 1. The fourth-order valence-corrected chi connectivity index (χ4v) is 6.60. The summed E-state index contributed by atoms with van der Waals surface area (Å²) in [5.41, 5.74) is 3.80. The normalized spacial score (nSPS) is 31.2. The maximum Gasteiger partial charge on any atom is 0.126 e. The van der Waals surface area contributed by atoms with E-state index in [-0.39, 0.29) is 5.82 Å². The molecule has 0 N–H and O–H groups in total. The summed E-state index contributed by atoms with van der Waals surface area (Å²) in [4.78, 5) is 0. The Bertz CT molecular complexity index is 683. The molecule has 4 rings (SSSR count). The summed E-state index contributed by atoms with van der Waals surface area (Å²) in [5, 5.41) is 0. The van der Waals surface area contributed by atoms with Crippen LogP contribution in [0, 0.1) is 23.6 Å². The van der Waals surface area contributed by atoms with E-state index in [0.717, 1.165) is 49.2 Å². The van der Waals surface area contributed by atoms with Gasteiger partial charge >= 0.3 is 0 Å². The van der Waals surface area contributed by atoms with E-state index >= 15 is 4.39 Å². The second-order valence-electron chi connectivity index (χ2n) is 10.6. The van der Waals surface area contributed by atoms with Crippen LogP contribution < -0.4 is 0 Å². The molecule has 30 heavy (non-hydrogen) atoms. The molecule has 5 atom stereocenters. The number of fused-ring (bicyclic) bond motifs is 2. The zero-order valence-electron chi connectivity index (χ0n) is 19.4. The minimum atomic E-state index is 0.0879. The molecule has 0 radical (unpaired) electrons. The second-order valence-corrected chi connectivity index (χ2v) is 10.6. The molecular formula is C28H43FO. The van der Waals surface area contributed by atoms with Crippen LogP contribution in [-0.2, 0) is 17.6 Å². The minimum absolute atomic E-state index is 0.0879. The van der Waals surface area contributed by atoms with Gasteiger partial charge in [-0.3, -0.25) is 0 Å². The highest BCUT2D eigenvalue weighted by atomic mass is 19.1. The van der Waals surface area contributed by atoms with Crippen LogP contribution in [0.4, 0.5) is 4.39 Å². The molecule has 1 aromatic carbocycles. The van der Waals surface area contributed by atoms with Crippen molar-refractivity contribution >= 4 is 0 Å². The van der Waals surface area contributed by atoms with Gasteiger partial charge < -0.3 is 4.74 Å². The van der Waals surface area contributed by atoms with Crippen molar-refractivity contribution in [3.05, 3.63) is 34.6 Å². The fraction of sp³-hybridized carbons (Fsp3) is 0.786. The van der Waals surface area contributed by atoms with Gasteiger partial charge in [-0.1, -0.05) is 45.6 Å². The molecule has 3 aliphatic rings. The molecule has 168 valence electrons. The molecule has 0 bridgehead atoms. The third-order valence-corrected chi connectivity index (χ3v) is 8.47. The molecule has 1 nitrogen and oxygen atoms in total. The van der Waals surface area contributed by atoms with Crippen molar-refractivity contribution in [2.24, 2.45) is 17.8 Å². The molecule has 1 aromatic rings. The Morgan fingerprint density at radius 3 is 2.53 bits per heavy atom. The molecule has 0 aromatic heterocycles. The zero-order chi connectivity index (χ0) is 20.9. The topological polar surface area (TPSA) is 9.23 Å². The van der Waals surface area contributed by atoms with E-state index in [2.05, 4.69) is 19.9 Å². The van der Waals surface area contributed by atoms with Crippen LogP contribution in [0.15, 0.2) is 12.1 Å². The van der Waals surface area contributed by atoms with Gasteiger partial charge in [0, 0.05) is 6.61 Å². The standard InChI is InChI=1S/C28H43FO/c1-3-5-7-20-8-9-23-18-27(28(29)19-25(23)15-20)24-11-10-22-17-26(30-14-6-4-2)13-12-21(22)16-24/h18-22,24,26H,3-17H2,1-2H3. The van der Waals surface area contributed by atoms with Crippen molar-refractivity contribution in [2.45, 2.75) is 116 Å². The average molecular weight is 415 g/mol. The van der Waals surface area contributed by atoms with Crippen LogP contribution in [0.2, 0.25) is 0 Å². The number of rotatable bonds is 8. The minimum Gasteiger partial charge on any atom is -0.378 e. The van der Waals surface area contributed by atoms with Crippen molar-refractivity contribution in [2.75, 3.05) is 6.61 Å². The SMILES string of the molecule is CCCCOC1CCC2CC(c3cc4c(cc3F)CC(CCCC)CC4)CCC2C1. The summed E-state index contributed by atoms with van der Waals surface area (Å²) < 4.78 is 21.3. The van der Waals surface area contributed by atoms with E-state index < -0.39 is 0 Å². The van der Waals surface area contributed by atoms with Crippen LogP contribution in [0.25, 0.3) is 0 Å². The van der Waals surface area contributed by atoms with Gasteiger partial charge in [-0.15, -0.1) is 0 Å². The lowest BCUT2D eigenvalue weighted by atomic mass is 9.65. The van der Waals surface area contributed by atoms with Crippen molar-refractivity contribution in [3.63, 3.8) is 0 Å². The van der Waals surface area contributed by atoms with Gasteiger partial charge in [-0.2, -0.15) is 0 Å². The second kappa shape index (κ2) is 10.6. The van der Waals surface area contributed by atoms with E-state index in [9.17, 15) is 0 Å². The van der Waals surface area contributed by atoms with Gasteiger partial charge in [-0.05, 0) is 111 Å². The first-order valence-electron chi connectivity index (χ1n) is 13.1. The number of hydrogen-bond donors (Lipinski definition) is 0. The number of hydrogen-bond acceptors (Lipinski definition) is 1. The number of benzene rings is 1. The molecule has 0 amide bonds. The van der Waals surface area contributed by atoms with Crippen molar-refractivity contribution in [1.29, 1.82) is 0 Å². The molecule has 0 aliphatic heterocycles. The van der Waals surface area contributed by atoms with Gasteiger partial charge in [0.1, 0.15) is 5.82 Å². The van der Waals surface area contributed by atoms with E-state index in [1.807, 2.05) is 6.07 Å². The largest absolute Gasteiger partial charge is 0.378 e. The average Bonchev–Trinajstić information content (AvgIpc) is 2.77. The summed E-state index contributed by atoms with van der Waals surface area (Å²) in [6.45, 7) is 5.43. The summed E-state index contributed by atoms with van der Waals surface area (Å²) in [6, 6.07) is 4.21. The highest BCUT2D eigenvalue weighted by Gasteiger charge is 2.37. The lowest BCUT2D eigenvalue weighted by Crippen LogP contribution is -2.34. The monoisotopic (exact) mass is 414 g/mol. The van der Waals surface area contributed by atoms with Gasteiger partial charge in [0.15, 0.2) is 0 Å². The van der Waals surface area contributed by atoms with Gasteiger partial charge in [0.25, 0.3) is 0 Å². The van der Waals surface area contributed by atoms with Crippen molar-refractivity contribution in [3.8, 4) is 0 Å². The molecule has 3 aliphatic carbocycles. The molecule has 2 saturated carbocycles. The first-order chi connectivity index (χ1) is 14.7. The third-order valence-electron chi connectivity index (χ3n) is 8.47. The molecular weight excluding hydrogens is 371 g/mol. The van der Waals surface area contributed by atoms with Gasteiger partial charge in [0.05, 0.1) is 6.10 Å². The zero-order valence-corrected chi connectivity index (χ0v) is 19.4. The third kappa shape index (κ3) is 5.29. The van der Waals surface area contributed by atoms with Gasteiger partial charge in [-0.25, -0.2) is 4.39 Å². The number of unbranched alkanes of at least 4 members (excludes halogenated alkanes) is 2. The van der Waals surface area contributed by atoms with Crippen LogP contribution in [-0.4, -0.2) is 12.7 Å². The predicted molar refractivity (Wildman–Crippen MR) is 124 cm³/mol. The Balaban J connectivity index is 1.36. The molecule has 0 saturated heterocycles. The van der Waals surface area contributed by atoms with Crippen LogP contribution >= 0.6 is 0 Å². The molecule has 2 fully saturated rings. The smallest absolute Gasteiger partial charge is 0.126 e. The Kier molecular flexibility index (Phi) is 7.90. The van der Waals surface area contributed by atoms with Gasteiger partial charge in [0.2, 0.25) is 0 Å². The summed E-state index contributed by atoms with van der Waals surface area (Å²) in [5.74, 6) is 2.88. The first kappa shape index (κ1) is 22.3. The first-order valence-corrected chi connectivity index (χ1v) is 13.1. The van der Waals surface area contributed by atoms with E-state index in [4.69, 9.17) is 4.74 Å². The summed E-state index contributed by atoms with van der Waals surface area (Å²) in [7, 11) is 0. The Morgan fingerprint density at radius 2 is 1.70 bits per heavy atom. The Labute approximate surface area is 184 Å². The molecule has 0 heterocycles. The summed E-state index contributed by atoms with van der Waals surface area (Å²) in [6.07, 6.45) is 17.7. The maximum absolute atomic E-state index is 15.2. The van der Waals surface area contributed by atoms with Crippen molar-refractivity contribution < 1.29 is 9.13 Å². The maximum atomic E-state index is 15.2. The Hall–Kier alpha value is -0.890. The van der Waals surface area contributed by atoms with Crippen molar-refractivity contribution in [1.82, 2.24) is 0 Å².